The van der Waals surface area contributed by atoms with Crippen molar-refractivity contribution in [2.24, 2.45) is 5.14 Å². The zero-order valence-electron chi connectivity index (χ0n) is 11.0. The van der Waals surface area contributed by atoms with Gasteiger partial charge in [0.1, 0.15) is 0 Å². The number of primary sulfonamides is 1. The summed E-state index contributed by atoms with van der Waals surface area (Å²) in [7, 11) is -3.76. The average molecular weight is 311 g/mol. The van der Waals surface area contributed by atoms with Gasteiger partial charge in [0.05, 0.1) is 10.9 Å². The Morgan fingerprint density at radius 2 is 2.10 bits per heavy atom. The molecule has 1 unspecified atom stereocenters. The summed E-state index contributed by atoms with van der Waals surface area (Å²) in [6.45, 7) is 2.06. The Bertz CT molecular complexity index is 682. The van der Waals surface area contributed by atoms with Gasteiger partial charge in [-0.1, -0.05) is 13.0 Å². The molecule has 1 aromatic heterocycles. The number of hydrogen-bond donors (Lipinski definition) is 3. The molecule has 0 saturated heterocycles. The van der Waals surface area contributed by atoms with Crippen molar-refractivity contribution in [3.8, 4) is 0 Å². The van der Waals surface area contributed by atoms with Gasteiger partial charge in [-0.15, -0.1) is 11.3 Å². The molecule has 7 heteroatoms. The van der Waals surface area contributed by atoms with Crippen molar-refractivity contribution in [1.29, 1.82) is 0 Å². The first kappa shape index (κ1) is 14.8. The molecule has 0 bridgehead atoms. The average Bonchev–Trinajstić information content (AvgIpc) is 2.88. The molecule has 2 rings (SSSR count). The van der Waals surface area contributed by atoms with Crippen LogP contribution in [0, 0.1) is 0 Å². The number of rotatable bonds is 5. The Balaban J connectivity index is 2.31. The standard InChI is InChI=1S/C13H17N3O2S2/c1-2-12(13-4-3-5-19-13)16-10-6-9(14)7-11(8-10)20(15,17)18/h3-8,12,16H,2,14H2,1H3,(H2,15,17,18). The number of sulfonamides is 1. The van der Waals surface area contributed by atoms with Crippen molar-refractivity contribution in [2.75, 3.05) is 11.1 Å². The number of thiophene rings is 1. The van der Waals surface area contributed by atoms with E-state index in [0.717, 1.165) is 6.42 Å². The molecule has 0 aliphatic heterocycles. The van der Waals surface area contributed by atoms with Crippen LogP contribution in [0.1, 0.15) is 24.3 Å². The monoisotopic (exact) mass is 311 g/mol. The SMILES string of the molecule is CCC(Nc1cc(N)cc(S(N)(=O)=O)c1)c1cccs1. The van der Waals surface area contributed by atoms with Crippen LogP contribution in [0.15, 0.2) is 40.6 Å². The first-order chi connectivity index (χ1) is 9.40. The molecule has 0 saturated carbocycles. The maximum absolute atomic E-state index is 11.4. The minimum atomic E-state index is -3.76. The smallest absolute Gasteiger partial charge is 0.238 e. The van der Waals surface area contributed by atoms with Crippen molar-refractivity contribution >= 4 is 32.7 Å². The molecule has 108 valence electrons. The van der Waals surface area contributed by atoms with E-state index in [1.54, 1.807) is 17.4 Å². The van der Waals surface area contributed by atoms with Crippen molar-refractivity contribution in [3.63, 3.8) is 0 Å². The minimum absolute atomic E-state index is 0.0148. The first-order valence-electron chi connectivity index (χ1n) is 6.13. The lowest BCUT2D eigenvalue weighted by atomic mass is 10.1. The number of anilines is 2. The lowest BCUT2D eigenvalue weighted by molar-refractivity contribution is 0.598. The summed E-state index contributed by atoms with van der Waals surface area (Å²) in [6.07, 6.45) is 0.875. The zero-order valence-corrected chi connectivity index (χ0v) is 12.7. The van der Waals surface area contributed by atoms with Gasteiger partial charge in [-0.3, -0.25) is 0 Å². The molecule has 0 radical (unpaired) electrons. The molecule has 20 heavy (non-hydrogen) atoms. The third-order valence-corrected chi connectivity index (χ3v) is 4.77. The molecule has 1 aromatic carbocycles. The molecule has 1 heterocycles. The zero-order chi connectivity index (χ0) is 14.8. The van der Waals surface area contributed by atoms with Gasteiger partial charge >= 0.3 is 0 Å². The molecule has 0 spiro atoms. The summed E-state index contributed by atoms with van der Waals surface area (Å²) in [6, 6.07) is 8.70. The van der Waals surface area contributed by atoms with Gasteiger partial charge in [0.25, 0.3) is 0 Å². The Kier molecular flexibility index (Phi) is 4.32. The topological polar surface area (TPSA) is 98.2 Å². The van der Waals surface area contributed by atoms with Crippen molar-refractivity contribution in [1.82, 2.24) is 0 Å². The molecular formula is C13H17N3O2S2. The van der Waals surface area contributed by atoms with E-state index in [1.807, 2.05) is 17.5 Å². The number of nitrogen functional groups attached to an aromatic ring is 1. The Hall–Kier alpha value is -1.57. The van der Waals surface area contributed by atoms with Crippen LogP contribution in [0.5, 0.6) is 0 Å². The van der Waals surface area contributed by atoms with Gasteiger partial charge < -0.3 is 11.1 Å². The van der Waals surface area contributed by atoms with Crippen LogP contribution in [-0.2, 0) is 10.0 Å². The fourth-order valence-electron chi connectivity index (χ4n) is 1.93. The Morgan fingerprint density at radius 1 is 1.35 bits per heavy atom. The third kappa shape index (κ3) is 3.50. The molecule has 1 atom stereocenters. The number of nitrogens with two attached hydrogens (primary N) is 2. The number of benzene rings is 1. The van der Waals surface area contributed by atoms with E-state index in [2.05, 4.69) is 12.2 Å². The van der Waals surface area contributed by atoms with E-state index < -0.39 is 10.0 Å². The number of hydrogen-bond acceptors (Lipinski definition) is 5. The fourth-order valence-corrected chi connectivity index (χ4v) is 3.39. The van der Waals surface area contributed by atoms with E-state index in [1.165, 1.54) is 17.0 Å². The summed E-state index contributed by atoms with van der Waals surface area (Å²) in [5.41, 5.74) is 6.74. The summed E-state index contributed by atoms with van der Waals surface area (Å²) in [5.74, 6) is 0. The van der Waals surface area contributed by atoms with E-state index in [9.17, 15) is 8.42 Å². The highest BCUT2D eigenvalue weighted by Gasteiger charge is 2.14. The van der Waals surface area contributed by atoms with Crippen LogP contribution in [0.4, 0.5) is 11.4 Å². The van der Waals surface area contributed by atoms with E-state index in [-0.39, 0.29) is 10.9 Å². The highest BCUT2D eigenvalue weighted by atomic mass is 32.2. The van der Waals surface area contributed by atoms with Crippen LogP contribution in [-0.4, -0.2) is 8.42 Å². The van der Waals surface area contributed by atoms with Gasteiger partial charge in [0, 0.05) is 16.3 Å². The van der Waals surface area contributed by atoms with Gasteiger partial charge in [0.2, 0.25) is 10.0 Å². The highest BCUT2D eigenvalue weighted by Crippen LogP contribution is 2.28. The van der Waals surface area contributed by atoms with Crippen LogP contribution in [0.2, 0.25) is 0 Å². The van der Waals surface area contributed by atoms with Crippen LogP contribution < -0.4 is 16.2 Å². The highest BCUT2D eigenvalue weighted by molar-refractivity contribution is 7.89. The van der Waals surface area contributed by atoms with E-state index in [0.29, 0.717) is 11.4 Å². The lowest BCUT2D eigenvalue weighted by Gasteiger charge is -2.18. The van der Waals surface area contributed by atoms with Gasteiger partial charge in [-0.25, -0.2) is 13.6 Å². The second kappa shape index (κ2) is 5.82. The van der Waals surface area contributed by atoms with Gasteiger partial charge in [0.15, 0.2) is 0 Å². The molecule has 0 aliphatic rings. The molecule has 0 fully saturated rings. The van der Waals surface area contributed by atoms with Gasteiger partial charge in [-0.05, 0) is 36.1 Å². The van der Waals surface area contributed by atoms with Crippen LogP contribution in [0.3, 0.4) is 0 Å². The molecule has 0 amide bonds. The summed E-state index contributed by atoms with van der Waals surface area (Å²) in [5, 5.41) is 10.4. The Labute approximate surface area is 122 Å². The largest absolute Gasteiger partial charge is 0.399 e. The summed E-state index contributed by atoms with van der Waals surface area (Å²) in [4.78, 5) is 1.20. The molecule has 2 aromatic rings. The third-order valence-electron chi connectivity index (χ3n) is 2.89. The maximum Gasteiger partial charge on any atom is 0.238 e. The van der Waals surface area contributed by atoms with Crippen molar-refractivity contribution < 1.29 is 8.42 Å². The summed E-state index contributed by atoms with van der Waals surface area (Å²) < 4.78 is 22.8. The minimum Gasteiger partial charge on any atom is -0.399 e. The van der Waals surface area contributed by atoms with Crippen molar-refractivity contribution in [3.05, 3.63) is 40.6 Å². The summed E-state index contributed by atoms with van der Waals surface area (Å²) >= 11 is 1.65. The molecule has 5 N–H and O–H groups in total. The second-order valence-electron chi connectivity index (χ2n) is 4.46. The fraction of sp³-hybridized carbons (Fsp3) is 0.231. The molecule has 5 nitrogen and oxygen atoms in total. The predicted octanol–water partition coefficient (Wildman–Crippen LogP) is 2.54. The molecule has 0 aliphatic carbocycles. The maximum atomic E-state index is 11.4. The lowest BCUT2D eigenvalue weighted by Crippen LogP contribution is -2.14. The van der Waals surface area contributed by atoms with Crippen LogP contribution in [0.25, 0.3) is 0 Å². The van der Waals surface area contributed by atoms with Crippen molar-refractivity contribution in [2.45, 2.75) is 24.3 Å². The predicted molar refractivity (Wildman–Crippen MR) is 83.2 cm³/mol. The quantitative estimate of drug-likeness (QED) is 0.739. The molecular weight excluding hydrogens is 294 g/mol. The number of nitrogens with one attached hydrogen (secondary N) is 1. The second-order valence-corrected chi connectivity index (χ2v) is 7.00. The first-order valence-corrected chi connectivity index (χ1v) is 8.56. The van der Waals surface area contributed by atoms with Crippen LogP contribution >= 0.6 is 11.3 Å². The van der Waals surface area contributed by atoms with E-state index in [4.69, 9.17) is 10.9 Å². The normalized spacial score (nSPS) is 13.1. The Morgan fingerprint density at radius 3 is 2.65 bits per heavy atom. The van der Waals surface area contributed by atoms with Gasteiger partial charge in [-0.2, -0.15) is 0 Å². The van der Waals surface area contributed by atoms with E-state index >= 15 is 0 Å².